The van der Waals surface area contributed by atoms with Crippen molar-refractivity contribution in [2.75, 3.05) is 25.5 Å². The molecule has 0 atom stereocenters. The summed E-state index contributed by atoms with van der Waals surface area (Å²) >= 11 is 0. The molecule has 0 aliphatic carbocycles. The number of alkyl halides is 3. The molecule has 3 aromatic rings. The highest BCUT2D eigenvalue weighted by molar-refractivity contribution is 5.96. The van der Waals surface area contributed by atoms with E-state index in [0.29, 0.717) is 22.5 Å². The maximum atomic E-state index is 12.6. The summed E-state index contributed by atoms with van der Waals surface area (Å²) in [6, 6.07) is 7.07. The number of aromatic nitrogens is 2. The van der Waals surface area contributed by atoms with Gasteiger partial charge < -0.3 is 15.7 Å². The van der Waals surface area contributed by atoms with Crippen LogP contribution >= 0.6 is 0 Å². The Bertz CT molecular complexity index is 1120. The maximum Gasteiger partial charge on any atom is 0.390 e. The predicted octanol–water partition coefficient (Wildman–Crippen LogP) is 4.04. The Kier molecular flexibility index (Phi) is 6.65. The van der Waals surface area contributed by atoms with E-state index in [1.165, 1.54) is 0 Å². The fourth-order valence-corrected chi connectivity index (χ4v) is 3.28. The number of benzene rings is 1. The van der Waals surface area contributed by atoms with Crippen LogP contribution in [-0.2, 0) is 0 Å². The van der Waals surface area contributed by atoms with Gasteiger partial charge in [0, 0.05) is 30.9 Å². The number of pyridine rings is 1. The number of aliphatic hydroxyl groups excluding tert-OH is 1. The van der Waals surface area contributed by atoms with E-state index in [1.807, 2.05) is 13.0 Å². The van der Waals surface area contributed by atoms with Crippen molar-refractivity contribution in [1.82, 2.24) is 14.7 Å². The Labute approximate surface area is 177 Å². The fraction of sp³-hybridized carbons (Fsp3) is 0.273. The third-order valence-electron chi connectivity index (χ3n) is 4.76. The maximum absolute atomic E-state index is 12.6. The van der Waals surface area contributed by atoms with Crippen LogP contribution in [0, 0.1) is 6.92 Å². The van der Waals surface area contributed by atoms with Gasteiger partial charge in [0.05, 0.1) is 30.6 Å². The molecule has 0 radical (unpaired) electrons. The van der Waals surface area contributed by atoms with Gasteiger partial charge in [0.25, 0.3) is 5.91 Å². The number of carbonyl (C=O) groups is 1. The molecule has 0 bridgehead atoms. The first-order valence-corrected chi connectivity index (χ1v) is 9.65. The molecule has 0 unspecified atom stereocenters. The summed E-state index contributed by atoms with van der Waals surface area (Å²) in [6.45, 7) is 1.39. The summed E-state index contributed by atoms with van der Waals surface area (Å²) < 4.78 is 39.5. The zero-order valence-electron chi connectivity index (χ0n) is 17.1. The van der Waals surface area contributed by atoms with E-state index in [2.05, 4.69) is 15.6 Å². The Morgan fingerprint density at radius 3 is 2.71 bits per heavy atom. The zero-order chi connectivity index (χ0) is 22.6. The third kappa shape index (κ3) is 5.24. The molecule has 0 aliphatic heterocycles. The molecule has 3 rings (SSSR count). The predicted molar refractivity (Wildman–Crippen MR) is 114 cm³/mol. The van der Waals surface area contributed by atoms with Gasteiger partial charge in [-0.3, -0.25) is 9.20 Å². The first-order valence-electron chi connectivity index (χ1n) is 9.65. The van der Waals surface area contributed by atoms with E-state index < -0.39 is 12.6 Å². The average Bonchev–Trinajstić information content (AvgIpc) is 3.14. The Hall–Kier alpha value is -3.33. The van der Waals surface area contributed by atoms with Crippen LogP contribution in [0.5, 0.6) is 0 Å². The smallest absolute Gasteiger partial charge is 0.390 e. The Morgan fingerprint density at radius 2 is 2.06 bits per heavy atom. The molecule has 0 saturated heterocycles. The summed E-state index contributed by atoms with van der Waals surface area (Å²) in [4.78, 5) is 16.4. The van der Waals surface area contributed by atoms with Gasteiger partial charge in [-0.15, -0.1) is 0 Å². The first-order chi connectivity index (χ1) is 14.7. The SMILES string of the molecule is CNC(=O)c1ccc(-c2cnc3c(NCCC(F)(F)F)cc(C=CCO)cn23)cc1C. The first kappa shape index (κ1) is 22.4. The number of aliphatic hydroxyl groups is 1. The molecule has 0 fully saturated rings. The van der Waals surface area contributed by atoms with Crippen molar-refractivity contribution in [2.45, 2.75) is 19.5 Å². The number of nitrogens with one attached hydrogen (secondary N) is 2. The number of anilines is 1. The molecule has 2 heterocycles. The number of hydrogen-bond donors (Lipinski definition) is 3. The van der Waals surface area contributed by atoms with Gasteiger partial charge in [-0.2, -0.15) is 13.2 Å². The highest BCUT2D eigenvalue weighted by Crippen LogP contribution is 2.28. The van der Waals surface area contributed by atoms with E-state index >= 15 is 0 Å². The van der Waals surface area contributed by atoms with Crippen molar-refractivity contribution in [3.05, 3.63) is 59.4 Å². The van der Waals surface area contributed by atoms with E-state index in [0.717, 1.165) is 16.8 Å². The fourth-order valence-electron chi connectivity index (χ4n) is 3.28. The van der Waals surface area contributed by atoms with Crippen LogP contribution in [0.25, 0.3) is 23.0 Å². The van der Waals surface area contributed by atoms with Gasteiger partial charge in [0.2, 0.25) is 0 Å². The number of imidazole rings is 1. The lowest BCUT2D eigenvalue weighted by atomic mass is 10.0. The minimum Gasteiger partial charge on any atom is -0.392 e. The molecule has 2 aromatic heterocycles. The Morgan fingerprint density at radius 1 is 1.29 bits per heavy atom. The van der Waals surface area contributed by atoms with Crippen molar-refractivity contribution in [3.8, 4) is 11.3 Å². The van der Waals surface area contributed by atoms with Crippen LogP contribution in [-0.4, -0.2) is 46.8 Å². The second kappa shape index (κ2) is 9.22. The van der Waals surface area contributed by atoms with Crippen LogP contribution in [0.15, 0.2) is 42.7 Å². The molecule has 0 spiro atoms. The molecular formula is C22H23F3N4O2. The number of aryl methyl sites for hydroxylation is 1. The largest absolute Gasteiger partial charge is 0.392 e. The molecule has 1 aromatic carbocycles. The van der Waals surface area contributed by atoms with E-state index in [1.54, 1.807) is 54.2 Å². The van der Waals surface area contributed by atoms with Gasteiger partial charge in [0.15, 0.2) is 5.65 Å². The van der Waals surface area contributed by atoms with Crippen molar-refractivity contribution < 1.29 is 23.1 Å². The van der Waals surface area contributed by atoms with Crippen molar-refractivity contribution in [3.63, 3.8) is 0 Å². The van der Waals surface area contributed by atoms with Crippen LogP contribution in [0.1, 0.15) is 27.9 Å². The minimum absolute atomic E-state index is 0.161. The third-order valence-corrected chi connectivity index (χ3v) is 4.76. The van der Waals surface area contributed by atoms with E-state index in [4.69, 9.17) is 5.11 Å². The number of halogens is 3. The number of fused-ring (bicyclic) bond motifs is 1. The lowest BCUT2D eigenvalue weighted by Crippen LogP contribution is -2.18. The van der Waals surface area contributed by atoms with Gasteiger partial charge in [-0.1, -0.05) is 18.2 Å². The van der Waals surface area contributed by atoms with Crippen LogP contribution in [0.3, 0.4) is 0 Å². The topological polar surface area (TPSA) is 78.7 Å². The summed E-state index contributed by atoms with van der Waals surface area (Å²) in [5.41, 5.74) is 4.49. The van der Waals surface area contributed by atoms with Crippen molar-refractivity contribution in [1.29, 1.82) is 0 Å². The minimum atomic E-state index is -4.26. The lowest BCUT2D eigenvalue weighted by Gasteiger charge is -2.12. The highest BCUT2D eigenvalue weighted by atomic mass is 19.4. The summed E-state index contributed by atoms with van der Waals surface area (Å²) in [5, 5.41) is 14.5. The lowest BCUT2D eigenvalue weighted by molar-refractivity contribution is -0.131. The molecule has 0 aliphatic rings. The van der Waals surface area contributed by atoms with E-state index in [-0.39, 0.29) is 19.1 Å². The zero-order valence-corrected chi connectivity index (χ0v) is 17.1. The molecule has 31 heavy (non-hydrogen) atoms. The Balaban J connectivity index is 2.05. The molecule has 3 N–H and O–H groups in total. The number of rotatable bonds is 7. The number of carbonyl (C=O) groups excluding carboxylic acids is 1. The van der Waals surface area contributed by atoms with Crippen molar-refractivity contribution >= 4 is 23.3 Å². The molecule has 6 nitrogen and oxygen atoms in total. The monoisotopic (exact) mass is 432 g/mol. The van der Waals surface area contributed by atoms with Gasteiger partial charge >= 0.3 is 6.18 Å². The standard InChI is InChI=1S/C22H23F3N4O2/c1-14-10-16(5-6-17(14)21(31)26-2)19-12-28-20-18(27-8-7-22(23,24)25)11-15(4-3-9-30)13-29(19)20/h3-6,10-13,27,30H,7-9H2,1-2H3,(H,26,31). The molecule has 0 saturated carbocycles. The van der Waals surface area contributed by atoms with Gasteiger partial charge in [-0.25, -0.2) is 4.98 Å². The normalized spacial score (nSPS) is 11.9. The second-order valence-corrected chi connectivity index (χ2v) is 7.01. The summed E-state index contributed by atoms with van der Waals surface area (Å²) in [7, 11) is 1.56. The quantitative estimate of drug-likeness (QED) is 0.527. The molecule has 9 heteroatoms. The van der Waals surface area contributed by atoms with E-state index in [9.17, 15) is 18.0 Å². The van der Waals surface area contributed by atoms with Crippen LogP contribution < -0.4 is 10.6 Å². The van der Waals surface area contributed by atoms with Gasteiger partial charge in [-0.05, 0) is 36.2 Å². The number of nitrogens with zero attached hydrogens (tertiary/aromatic N) is 2. The van der Waals surface area contributed by atoms with Crippen LogP contribution in [0.2, 0.25) is 0 Å². The summed E-state index contributed by atoms with van der Waals surface area (Å²) in [5.74, 6) is -0.185. The van der Waals surface area contributed by atoms with Crippen LogP contribution in [0.4, 0.5) is 18.9 Å². The average molecular weight is 432 g/mol. The summed E-state index contributed by atoms with van der Waals surface area (Å²) in [6.07, 6.45) is 1.42. The highest BCUT2D eigenvalue weighted by Gasteiger charge is 2.26. The number of hydrogen-bond acceptors (Lipinski definition) is 4. The molecule has 1 amide bonds. The van der Waals surface area contributed by atoms with Gasteiger partial charge in [0.1, 0.15) is 0 Å². The second-order valence-electron chi connectivity index (χ2n) is 7.01. The molecular weight excluding hydrogens is 409 g/mol. The van der Waals surface area contributed by atoms with Crippen molar-refractivity contribution in [2.24, 2.45) is 0 Å². The number of amides is 1. The molecule has 164 valence electrons.